The maximum absolute atomic E-state index is 15.0. The fraction of sp³-hybridized carbons (Fsp3) is 0.306. The van der Waals surface area contributed by atoms with Crippen LogP contribution in [0.25, 0.3) is 100 Å². The average Bonchev–Trinajstić information content (AvgIpc) is 0.799. The molecule has 0 N–H and O–H groups in total. The van der Waals surface area contributed by atoms with Crippen LogP contribution in [-0.4, -0.2) is 0 Å². The first-order chi connectivity index (χ1) is 59.4. The quantitative estimate of drug-likeness (QED) is 0.0481. The molecule has 0 atom stereocenters. The molecule has 0 heterocycles. The standard InChI is InChI=1S/C26H29F.C26H30.C25H28.C24H26.C20H26/c1-5-18-9-11-22(15-20(18)7-3)23-13-14-25(26(27)17-23)24-12-10-19(6-2)21(8-4)16-24;1-5-19-9-13-23(14-10-19)25-17-22(8-4)26(18-21(25)7-3)24-15-11-20(6-2)12-16-24;1-5-19-8-12-22(13-9-19)24-17-21(7-3)25(16-18(24)4)23-14-10-20(6-2)11-15-23;1-4-18-7-11-21(12-8-18)23-15-16-24(20(6-3)17-23)22-13-9-19(5-2)10-14-22;1-5-15-9-11-17(12-10-15)20-14-13-16(6-2)18(7-3)19(20)8-4/h9-17H,5-8H2,1-4H3;9-18H,5-8H2,1-4H3;8-17H,5-7H2,1-4H3;7-17H,4-6H2,1-3H3;9-14H,5-8H2,1-4H3. The summed E-state index contributed by atoms with van der Waals surface area (Å²) >= 11 is 0. The zero-order valence-corrected chi connectivity index (χ0v) is 77.7. The van der Waals surface area contributed by atoms with E-state index in [4.69, 9.17) is 0 Å². The van der Waals surface area contributed by atoms with Crippen LogP contribution in [0.3, 0.4) is 0 Å². The van der Waals surface area contributed by atoms with Crippen molar-refractivity contribution in [3.8, 4) is 100 Å². The van der Waals surface area contributed by atoms with Crippen molar-refractivity contribution in [1.82, 2.24) is 0 Å². The molecule has 0 bridgehead atoms. The highest BCUT2D eigenvalue weighted by Gasteiger charge is 2.18. The van der Waals surface area contributed by atoms with Crippen LogP contribution in [0.5, 0.6) is 0 Å². The average molecular weight is 1610 g/mol. The van der Waals surface area contributed by atoms with Gasteiger partial charge < -0.3 is 0 Å². The zero-order valence-electron chi connectivity index (χ0n) is 77.7. The third-order valence-electron chi connectivity index (χ3n) is 25.3. The summed E-state index contributed by atoms with van der Waals surface area (Å²) in [5.41, 5.74) is 49.4. The van der Waals surface area contributed by atoms with E-state index in [1.807, 2.05) is 18.2 Å². The van der Waals surface area contributed by atoms with Gasteiger partial charge in [-0.05, 0) is 329 Å². The van der Waals surface area contributed by atoms with Gasteiger partial charge in [0.05, 0.1) is 0 Å². The lowest BCUT2D eigenvalue weighted by Crippen LogP contribution is -2.00. The van der Waals surface area contributed by atoms with E-state index in [9.17, 15) is 4.39 Å². The van der Waals surface area contributed by atoms with Crippen molar-refractivity contribution in [1.29, 1.82) is 0 Å². The molecular weight excluding hydrogens is 1470 g/mol. The molecule has 0 nitrogen and oxygen atoms in total. The van der Waals surface area contributed by atoms with Crippen LogP contribution in [0, 0.1) is 12.7 Å². The molecule has 14 aromatic carbocycles. The molecular formula is C121H139F. The molecule has 0 amide bonds. The van der Waals surface area contributed by atoms with Gasteiger partial charge in [0.2, 0.25) is 0 Å². The van der Waals surface area contributed by atoms with E-state index in [2.05, 4.69) is 386 Å². The van der Waals surface area contributed by atoms with Gasteiger partial charge in [-0.3, -0.25) is 0 Å². The van der Waals surface area contributed by atoms with Gasteiger partial charge in [0, 0.05) is 5.56 Å². The minimum atomic E-state index is -0.156. The molecule has 0 aliphatic carbocycles. The topological polar surface area (TPSA) is 0 Å². The Kier molecular flexibility index (Phi) is 35.8. The summed E-state index contributed by atoms with van der Waals surface area (Å²) < 4.78 is 15.0. The first-order valence-electron chi connectivity index (χ1n) is 46.7. The SMILES string of the molecule is CCc1ccc(-c2cc(CC)c(-c3ccc(CC)cc3)cc2C)cc1.CCc1ccc(-c2cc(CC)c(-c3ccc(CC)cc3)cc2CC)cc1.CCc1ccc(-c2ccc(-c3ccc(CC)c(CC)c3)c(F)c2)cc1CC.CCc1ccc(-c2ccc(-c3ccc(CC)cc3)c(CC)c2)cc1.CCc1ccc(-c2ccc(CC)c(CC)c2CC)cc1. The predicted molar refractivity (Wildman–Crippen MR) is 535 cm³/mol. The summed E-state index contributed by atoms with van der Waals surface area (Å²) in [5.74, 6) is -0.156. The van der Waals surface area contributed by atoms with E-state index in [1.165, 1.54) is 178 Å². The van der Waals surface area contributed by atoms with Crippen LogP contribution >= 0.6 is 0 Å². The summed E-state index contributed by atoms with van der Waals surface area (Å²) in [6.07, 6.45) is 19.2. The molecule has 1 heteroatoms. The Morgan fingerprint density at radius 2 is 0.385 bits per heavy atom. The van der Waals surface area contributed by atoms with E-state index >= 15 is 0 Å². The second-order valence-electron chi connectivity index (χ2n) is 32.5. The Morgan fingerprint density at radius 1 is 0.148 bits per heavy atom. The molecule has 14 aromatic rings. The number of halogens is 1. The summed E-state index contributed by atoms with van der Waals surface area (Å²) in [4.78, 5) is 0. The van der Waals surface area contributed by atoms with Crippen LogP contribution in [0.1, 0.15) is 230 Å². The Bertz CT molecular complexity index is 5530. The van der Waals surface area contributed by atoms with Crippen molar-refractivity contribution in [3.63, 3.8) is 0 Å². The van der Waals surface area contributed by atoms with Gasteiger partial charge >= 0.3 is 0 Å². The van der Waals surface area contributed by atoms with Crippen molar-refractivity contribution in [2.75, 3.05) is 0 Å². The smallest absolute Gasteiger partial charge is 0.131 e. The molecule has 0 radical (unpaired) electrons. The third-order valence-corrected chi connectivity index (χ3v) is 25.3. The number of rotatable bonds is 27. The lowest BCUT2D eigenvalue weighted by Gasteiger charge is -2.17. The maximum atomic E-state index is 15.0. The van der Waals surface area contributed by atoms with Gasteiger partial charge in [-0.25, -0.2) is 4.39 Å². The largest absolute Gasteiger partial charge is 0.206 e. The third kappa shape index (κ3) is 23.6. The van der Waals surface area contributed by atoms with Gasteiger partial charge in [0.1, 0.15) is 5.82 Å². The van der Waals surface area contributed by atoms with Crippen LogP contribution < -0.4 is 0 Å². The number of benzene rings is 14. The molecule has 14 rings (SSSR count). The van der Waals surface area contributed by atoms with Gasteiger partial charge in [-0.2, -0.15) is 0 Å². The molecule has 630 valence electrons. The van der Waals surface area contributed by atoms with Crippen LogP contribution in [-0.2, 0) is 116 Å². The highest BCUT2D eigenvalue weighted by Crippen LogP contribution is 2.39. The summed E-state index contributed by atoms with van der Waals surface area (Å²) in [5, 5.41) is 0. The van der Waals surface area contributed by atoms with Gasteiger partial charge in [-0.15, -0.1) is 0 Å². The maximum Gasteiger partial charge on any atom is 0.131 e. The van der Waals surface area contributed by atoms with Crippen LogP contribution in [0.2, 0.25) is 0 Å². The van der Waals surface area contributed by atoms with Crippen LogP contribution in [0.15, 0.2) is 279 Å². The Labute approximate surface area is 737 Å². The second kappa shape index (κ2) is 46.9. The molecule has 0 unspecified atom stereocenters. The Morgan fingerprint density at radius 3 is 0.730 bits per heavy atom. The fourth-order valence-corrected chi connectivity index (χ4v) is 17.3. The zero-order chi connectivity index (χ0) is 87.2. The molecule has 0 spiro atoms. The van der Waals surface area contributed by atoms with E-state index < -0.39 is 0 Å². The van der Waals surface area contributed by atoms with Crippen molar-refractivity contribution in [2.45, 2.75) is 247 Å². The molecule has 0 saturated carbocycles. The molecule has 0 saturated heterocycles. The van der Waals surface area contributed by atoms with Crippen LogP contribution in [0.4, 0.5) is 4.39 Å². The van der Waals surface area contributed by atoms with Gasteiger partial charge in [0.25, 0.3) is 0 Å². The summed E-state index contributed by atoms with van der Waals surface area (Å²) in [6.45, 7) is 42.1. The Hall–Kier alpha value is -11.0. The summed E-state index contributed by atoms with van der Waals surface area (Å²) in [6, 6.07) is 103. The highest BCUT2D eigenvalue weighted by atomic mass is 19.1. The number of hydrogen-bond acceptors (Lipinski definition) is 0. The van der Waals surface area contributed by atoms with E-state index in [1.54, 1.807) is 11.6 Å². The van der Waals surface area contributed by atoms with Gasteiger partial charge in [-0.1, -0.05) is 398 Å². The minimum Gasteiger partial charge on any atom is -0.206 e. The molecule has 122 heavy (non-hydrogen) atoms. The Balaban J connectivity index is 0.000000160. The lowest BCUT2D eigenvalue weighted by atomic mass is 9.88. The second-order valence-corrected chi connectivity index (χ2v) is 32.5. The predicted octanol–water partition coefficient (Wildman–Crippen LogP) is 34.0. The molecule has 0 aliphatic heterocycles. The highest BCUT2D eigenvalue weighted by molar-refractivity contribution is 5.81. The van der Waals surface area contributed by atoms with Crippen molar-refractivity contribution in [3.05, 3.63) is 391 Å². The minimum absolute atomic E-state index is 0.156. The van der Waals surface area contributed by atoms with E-state index in [0.717, 1.165) is 132 Å². The van der Waals surface area contributed by atoms with Crippen molar-refractivity contribution < 1.29 is 4.39 Å². The van der Waals surface area contributed by atoms with Crippen molar-refractivity contribution >= 4 is 0 Å². The van der Waals surface area contributed by atoms with Crippen molar-refractivity contribution in [2.24, 2.45) is 0 Å². The normalized spacial score (nSPS) is 10.9. The number of aryl methyl sites for hydroxylation is 17. The number of hydrogen-bond donors (Lipinski definition) is 0. The lowest BCUT2D eigenvalue weighted by molar-refractivity contribution is 0.632. The first kappa shape index (κ1) is 93.3. The summed E-state index contributed by atoms with van der Waals surface area (Å²) in [7, 11) is 0. The van der Waals surface area contributed by atoms with Gasteiger partial charge in [0.15, 0.2) is 0 Å². The molecule has 0 aromatic heterocycles. The molecule has 0 fully saturated rings. The monoisotopic (exact) mass is 1610 g/mol. The van der Waals surface area contributed by atoms with E-state index in [-0.39, 0.29) is 5.82 Å². The fourth-order valence-electron chi connectivity index (χ4n) is 17.3. The molecule has 0 aliphatic rings. The first-order valence-corrected chi connectivity index (χ1v) is 46.7. The van der Waals surface area contributed by atoms with E-state index in [0.29, 0.717) is 5.56 Å².